The predicted octanol–water partition coefficient (Wildman–Crippen LogP) is 2.58. The Labute approximate surface area is 111 Å². The van der Waals surface area contributed by atoms with Crippen LogP contribution in [0, 0.1) is 28.5 Å². The minimum atomic E-state index is -0.366. The number of rotatable bonds is 2. The molecule has 4 nitrogen and oxygen atoms in total. The minimum absolute atomic E-state index is 0.0490. The summed E-state index contributed by atoms with van der Waals surface area (Å²) in [6.45, 7) is 0.156. The molecule has 0 saturated heterocycles. The second-order valence-electron chi connectivity index (χ2n) is 3.53. The minimum Gasteiger partial charge on any atom is -0.317 e. The number of hydrogen-bond donors (Lipinski definition) is 0. The maximum absolute atomic E-state index is 13.6. The molecule has 0 amide bonds. The first-order chi connectivity index (χ1) is 8.65. The summed E-state index contributed by atoms with van der Waals surface area (Å²) in [5.74, 6) is -0.366. The SMILES string of the molecule is N#Cc1ncn(Cc2cc(Br)ccc2F)c1C#N. The van der Waals surface area contributed by atoms with Gasteiger partial charge in [-0.3, -0.25) is 0 Å². The Balaban J connectivity index is 2.41. The second kappa shape index (κ2) is 4.99. The maximum Gasteiger partial charge on any atom is 0.176 e. The Morgan fingerprint density at radius 3 is 2.78 bits per heavy atom. The lowest BCUT2D eigenvalue weighted by molar-refractivity contribution is 0.598. The van der Waals surface area contributed by atoms with E-state index in [4.69, 9.17) is 10.5 Å². The summed E-state index contributed by atoms with van der Waals surface area (Å²) in [4.78, 5) is 3.80. The summed E-state index contributed by atoms with van der Waals surface area (Å²) < 4.78 is 15.8. The van der Waals surface area contributed by atoms with Crippen molar-refractivity contribution in [1.29, 1.82) is 10.5 Å². The molecule has 0 unspecified atom stereocenters. The van der Waals surface area contributed by atoms with Crippen LogP contribution in [0.1, 0.15) is 17.0 Å². The van der Waals surface area contributed by atoms with E-state index in [1.54, 1.807) is 12.1 Å². The molecule has 0 radical (unpaired) electrons. The van der Waals surface area contributed by atoms with Gasteiger partial charge in [0.1, 0.15) is 18.0 Å². The average molecular weight is 305 g/mol. The molecule has 0 saturated carbocycles. The van der Waals surface area contributed by atoms with Gasteiger partial charge in [0.25, 0.3) is 0 Å². The lowest BCUT2D eigenvalue weighted by atomic mass is 10.2. The lowest BCUT2D eigenvalue weighted by Crippen LogP contribution is -2.03. The summed E-state index contributed by atoms with van der Waals surface area (Å²) in [6.07, 6.45) is 1.36. The van der Waals surface area contributed by atoms with Gasteiger partial charge in [-0.25, -0.2) is 9.37 Å². The Morgan fingerprint density at radius 2 is 2.11 bits per heavy atom. The van der Waals surface area contributed by atoms with E-state index in [0.29, 0.717) is 5.56 Å². The van der Waals surface area contributed by atoms with Crippen molar-refractivity contribution in [2.45, 2.75) is 6.54 Å². The van der Waals surface area contributed by atoms with E-state index >= 15 is 0 Å². The van der Waals surface area contributed by atoms with Crippen LogP contribution < -0.4 is 0 Å². The first kappa shape index (κ1) is 12.3. The highest BCUT2D eigenvalue weighted by atomic mass is 79.9. The fourth-order valence-corrected chi connectivity index (χ4v) is 1.96. The zero-order valence-electron chi connectivity index (χ0n) is 9.06. The quantitative estimate of drug-likeness (QED) is 0.856. The summed E-state index contributed by atoms with van der Waals surface area (Å²) in [5.41, 5.74) is 0.604. The van der Waals surface area contributed by atoms with Gasteiger partial charge >= 0.3 is 0 Å². The van der Waals surface area contributed by atoms with Crippen molar-refractivity contribution in [3.8, 4) is 12.1 Å². The van der Waals surface area contributed by atoms with E-state index in [9.17, 15) is 4.39 Å². The third-order valence-corrected chi connectivity index (χ3v) is 2.89. The average Bonchev–Trinajstić information content (AvgIpc) is 2.75. The highest BCUT2D eigenvalue weighted by Crippen LogP contribution is 2.17. The van der Waals surface area contributed by atoms with Gasteiger partial charge in [0, 0.05) is 10.0 Å². The monoisotopic (exact) mass is 304 g/mol. The number of imidazole rings is 1. The molecule has 0 fully saturated rings. The highest BCUT2D eigenvalue weighted by molar-refractivity contribution is 9.10. The van der Waals surface area contributed by atoms with Gasteiger partial charge in [-0.15, -0.1) is 0 Å². The zero-order valence-corrected chi connectivity index (χ0v) is 10.6. The largest absolute Gasteiger partial charge is 0.317 e. The molecule has 0 bridgehead atoms. The van der Waals surface area contributed by atoms with Crippen LogP contribution in [-0.2, 0) is 6.54 Å². The molecule has 2 rings (SSSR count). The first-order valence-corrected chi connectivity index (χ1v) is 5.74. The van der Waals surface area contributed by atoms with E-state index in [-0.39, 0.29) is 23.7 Å². The molecule has 0 aliphatic rings. The Morgan fingerprint density at radius 1 is 1.33 bits per heavy atom. The van der Waals surface area contributed by atoms with E-state index in [2.05, 4.69) is 20.9 Å². The van der Waals surface area contributed by atoms with Gasteiger partial charge in [0.2, 0.25) is 0 Å². The third kappa shape index (κ3) is 2.24. The van der Waals surface area contributed by atoms with Crippen molar-refractivity contribution in [1.82, 2.24) is 9.55 Å². The smallest absolute Gasteiger partial charge is 0.176 e. The van der Waals surface area contributed by atoms with Crippen molar-refractivity contribution in [2.24, 2.45) is 0 Å². The van der Waals surface area contributed by atoms with E-state index in [1.807, 2.05) is 12.1 Å². The van der Waals surface area contributed by atoms with Crippen LogP contribution in [0.4, 0.5) is 4.39 Å². The molecular weight excluding hydrogens is 299 g/mol. The molecule has 0 aliphatic heterocycles. The maximum atomic E-state index is 13.6. The molecule has 0 N–H and O–H groups in total. The van der Waals surface area contributed by atoms with Crippen LogP contribution in [0.5, 0.6) is 0 Å². The van der Waals surface area contributed by atoms with Crippen molar-refractivity contribution in [2.75, 3.05) is 0 Å². The normalized spacial score (nSPS) is 9.78. The molecule has 2 aromatic rings. The van der Waals surface area contributed by atoms with Crippen molar-refractivity contribution in [3.63, 3.8) is 0 Å². The number of nitriles is 2. The van der Waals surface area contributed by atoms with Gasteiger partial charge in [-0.2, -0.15) is 10.5 Å². The van der Waals surface area contributed by atoms with Crippen molar-refractivity contribution in [3.05, 3.63) is 51.8 Å². The molecule has 0 spiro atoms. The van der Waals surface area contributed by atoms with Crippen LogP contribution in [0.2, 0.25) is 0 Å². The zero-order chi connectivity index (χ0) is 13.1. The Bertz CT molecular complexity index is 678. The molecule has 18 heavy (non-hydrogen) atoms. The fraction of sp³-hybridized carbons (Fsp3) is 0.0833. The molecule has 0 atom stereocenters. The lowest BCUT2D eigenvalue weighted by Gasteiger charge is -2.06. The number of halogens is 2. The van der Waals surface area contributed by atoms with Crippen LogP contribution in [0.25, 0.3) is 0 Å². The third-order valence-electron chi connectivity index (χ3n) is 2.40. The first-order valence-electron chi connectivity index (χ1n) is 4.95. The van der Waals surface area contributed by atoms with E-state index < -0.39 is 0 Å². The van der Waals surface area contributed by atoms with Gasteiger partial charge in [0.05, 0.1) is 12.9 Å². The van der Waals surface area contributed by atoms with Crippen LogP contribution in [-0.4, -0.2) is 9.55 Å². The Kier molecular flexibility index (Phi) is 3.40. The van der Waals surface area contributed by atoms with E-state index in [0.717, 1.165) is 4.47 Å². The van der Waals surface area contributed by atoms with Gasteiger partial charge < -0.3 is 4.57 Å². The standard InChI is InChI=1S/C12H6BrFN4/c13-9-1-2-10(14)8(3-9)6-18-7-17-11(4-15)12(18)5-16/h1-3,7H,6H2. The van der Waals surface area contributed by atoms with Crippen molar-refractivity contribution < 1.29 is 4.39 Å². The second-order valence-corrected chi connectivity index (χ2v) is 4.44. The molecule has 6 heteroatoms. The molecular formula is C12H6BrFN4. The topological polar surface area (TPSA) is 65.4 Å². The number of hydrogen-bond acceptors (Lipinski definition) is 3. The summed E-state index contributed by atoms with van der Waals surface area (Å²) in [5, 5.41) is 17.7. The number of aromatic nitrogens is 2. The molecule has 0 aliphatic carbocycles. The van der Waals surface area contributed by atoms with E-state index in [1.165, 1.54) is 17.0 Å². The van der Waals surface area contributed by atoms with Crippen LogP contribution in [0.3, 0.4) is 0 Å². The number of nitrogens with zero attached hydrogens (tertiary/aromatic N) is 4. The number of benzene rings is 1. The van der Waals surface area contributed by atoms with Crippen molar-refractivity contribution >= 4 is 15.9 Å². The molecule has 1 aromatic carbocycles. The van der Waals surface area contributed by atoms with Gasteiger partial charge in [-0.05, 0) is 18.2 Å². The van der Waals surface area contributed by atoms with Crippen LogP contribution in [0.15, 0.2) is 29.0 Å². The summed E-state index contributed by atoms with van der Waals surface area (Å²) in [7, 11) is 0. The fourth-order valence-electron chi connectivity index (χ4n) is 1.55. The molecule has 1 heterocycles. The van der Waals surface area contributed by atoms with Crippen LogP contribution >= 0.6 is 15.9 Å². The highest BCUT2D eigenvalue weighted by Gasteiger charge is 2.12. The molecule has 1 aromatic heterocycles. The van der Waals surface area contributed by atoms with Gasteiger partial charge in [-0.1, -0.05) is 15.9 Å². The van der Waals surface area contributed by atoms with Gasteiger partial charge in [0.15, 0.2) is 11.4 Å². The molecule has 88 valence electrons. The summed E-state index contributed by atoms with van der Waals surface area (Å²) in [6, 6.07) is 8.28. The predicted molar refractivity (Wildman–Crippen MR) is 64.9 cm³/mol. The summed E-state index contributed by atoms with van der Waals surface area (Å²) >= 11 is 3.26. The Hall–Kier alpha value is -2.18.